The predicted octanol–water partition coefficient (Wildman–Crippen LogP) is 7.10. The maximum absolute atomic E-state index is 13.9. The third kappa shape index (κ3) is 6.91. The van der Waals surface area contributed by atoms with Gasteiger partial charge in [0, 0.05) is 25.1 Å². The minimum atomic E-state index is -2.11. The van der Waals surface area contributed by atoms with Crippen LogP contribution < -0.4 is 4.74 Å². The third-order valence-corrected chi connectivity index (χ3v) is 14.5. The van der Waals surface area contributed by atoms with E-state index >= 15 is 0 Å². The summed E-state index contributed by atoms with van der Waals surface area (Å²) >= 11 is 0. The highest BCUT2D eigenvalue weighted by Gasteiger charge is 2.38. The Bertz CT molecular complexity index is 1730. The molecule has 2 aliphatic heterocycles. The minimum Gasteiger partial charge on any atom is -0.482 e. The van der Waals surface area contributed by atoms with Crippen molar-refractivity contribution in [1.29, 1.82) is 5.26 Å². The fraction of sp³-hybridized carbons (Fsp3) is 0.559. The Labute approximate surface area is 276 Å². The van der Waals surface area contributed by atoms with Crippen LogP contribution in [0.4, 0.5) is 4.39 Å². The first kappa shape index (κ1) is 33.1. The largest absolute Gasteiger partial charge is 0.482 e. The van der Waals surface area contributed by atoms with Crippen LogP contribution in [0.15, 0.2) is 36.5 Å². The van der Waals surface area contributed by atoms with Gasteiger partial charge in [-0.05, 0) is 87.5 Å². The first-order valence-electron chi connectivity index (χ1n) is 16.6. The van der Waals surface area contributed by atoms with Crippen molar-refractivity contribution >= 4 is 19.2 Å². The van der Waals surface area contributed by atoms with E-state index in [1.165, 1.54) is 12.3 Å². The van der Waals surface area contributed by atoms with E-state index in [2.05, 4.69) is 55.4 Å². The molecule has 0 aliphatic carbocycles. The summed E-state index contributed by atoms with van der Waals surface area (Å²) in [5.74, 6) is 0.215. The zero-order valence-corrected chi connectivity index (χ0v) is 29.2. The van der Waals surface area contributed by atoms with Gasteiger partial charge in [0.05, 0.1) is 35.8 Å². The van der Waals surface area contributed by atoms with Gasteiger partial charge in [0.25, 0.3) is 0 Å². The summed E-state index contributed by atoms with van der Waals surface area (Å²) in [6, 6.07) is 9.16. The number of fused-ring (bicyclic) bond motifs is 1. The molecule has 1 unspecified atom stereocenters. The van der Waals surface area contributed by atoms with E-state index in [1.54, 1.807) is 11.0 Å². The van der Waals surface area contributed by atoms with E-state index < -0.39 is 20.2 Å². The number of piperidine rings is 1. The zero-order chi connectivity index (χ0) is 33.3. The van der Waals surface area contributed by atoms with E-state index in [0.717, 1.165) is 48.7 Å². The maximum Gasteiger partial charge on any atom is 0.192 e. The van der Waals surface area contributed by atoms with Crippen LogP contribution in [0.3, 0.4) is 0 Å². The zero-order valence-electron chi connectivity index (χ0n) is 28.2. The molecule has 6 rings (SSSR count). The number of aromatic nitrogens is 6. The number of likely N-dealkylation sites (tertiary alicyclic amines) is 1. The highest BCUT2D eigenvalue weighted by molar-refractivity contribution is 6.74. The van der Waals surface area contributed by atoms with Crippen molar-refractivity contribution < 1.29 is 18.3 Å². The van der Waals surface area contributed by atoms with Gasteiger partial charge in [0.2, 0.25) is 0 Å². The van der Waals surface area contributed by atoms with Crippen molar-refractivity contribution in [3.8, 4) is 23.3 Å². The number of ether oxygens (including phenoxy) is 2. The minimum absolute atomic E-state index is 0.0133. The van der Waals surface area contributed by atoms with Gasteiger partial charge in [-0.15, -0.1) is 5.10 Å². The van der Waals surface area contributed by atoms with E-state index in [9.17, 15) is 9.65 Å². The van der Waals surface area contributed by atoms with Gasteiger partial charge in [-0.1, -0.05) is 26.0 Å². The second-order valence-corrected chi connectivity index (χ2v) is 19.0. The third-order valence-electron chi connectivity index (χ3n) is 9.97. The fourth-order valence-corrected chi connectivity index (χ4v) is 7.04. The van der Waals surface area contributed by atoms with Crippen molar-refractivity contribution in [2.45, 2.75) is 96.3 Å². The molecule has 13 heteroatoms. The molecule has 2 saturated heterocycles. The fourth-order valence-electron chi connectivity index (χ4n) is 6.04. The van der Waals surface area contributed by atoms with Gasteiger partial charge in [-0.2, -0.15) is 10.4 Å². The number of hydrogen-bond acceptors (Lipinski definition) is 9. The molecule has 2 aliphatic rings. The molecule has 4 aromatic rings. The number of nitrogens with zero attached hydrogens (tertiary/aromatic N) is 8. The summed E-state index contributed by atoms with van der Waals surface area (Å²) in [6.45, 7) is 15.4. The van der Waals surface area contributed by atoms with Crippen LogP contribution in [-0.2, 0) is 9.16 Å². The molecule has 0 saturated carbocycles. The van der Waals surface area contributed by atoms with Crippen LogP contribution >= 0.6 is 0 Å². The second-order valence-electron chi connectivity index (χ2n) is 14.2. The quantitative estimate of drug-likeness (QED) is 0.137. The average molecular weight is 661 g/mol. The first-order valence-corrected chi connectivity index (χ1v) is 19.5. The Morgan fingerprint density at radius 1 is 1.09 bits per heavy atom. The van der Waals surface area contributed by atoms with Crippen molar-refractivity contribution in [3.05, 3.63) is 53.7 Å². The predicted molar refractivity (Wildman–Crippen MR) is 178 cm³/mol. The number of benzene rings is 1. The molecule has 0 amide bonds. The summed E-state index contributed by atoms with van der Waals surface area (Å²) in [6.07, 6.45) is 7.38. The van der Waals surface area contributed by atoms with Crippen molar-refractivity contribution in [1.82, 2.24) is 34.7 Å². The van der Waals surface area contributed by atoms with Gasteiger partial charge in [0.1, 0.15) is 23.0 Å². The Balaban J connectivity index is 1.37. The second kappa shape index (κ2) is 13.3. The summed E-state index contributed by atoms with van der Waals surface area (Å²) in [5, 5.41) is 24.5. The van der Waals surface area contributed by atoms with Gasteiger partial charge in [-0.3, -0.25) is 4.98 Å². The van der Waals surface area contributed by atoms with Crippen molar-refractivity contribution in [2.24, 2.45) is 0 Å². The molecule has 0 radical (unpaired) electrons. The SMILES string of the molecule is Cc1c(-c2nn(C3CCCCO3)c3ccc(O[C@H](CO[Si](C)(C)C(C)(C)C)c4ccc(F)cn4)cc23)nnn1C1CCN(C#N)CC1. The smallest absolute Gasteiger partial charge is 0.192 e. The van der Waals surface area contributed by atoms with E-state index in [-0.39, 0.29) is 23.9 Å². The van der Waals surface area contributed by atoms with Crippen molar-refractivity contribution in [2.75, 3.05) is 26.3 Å². The lowest BCUT2D eigenvalue weighted by Gasteiger charge is -2.37. The van der Waals surface area contributed by atoms with Gasteiger partial charge < -0.3 is 18.8 Å². The van der Waals surface area contributed by atoms with Crippen molar-refractivity contribution in [3.63, 3.8) is 0 Å². The molecular weight excluding hydrogens is 616 g/mol. The molecule has 3 aromatic heterocycles. The molecule has 0 bridgehead atoms. The summed E-state index contributed by atoms with van der Waals surface area (Å²) in [4.78, 5) is 6.15. The van der Waals surface area contributed by atoms with Crippen LogP contribution in [0, 0.1) is 24.2 Å². The molecule has 2 fully saturated rings. The normalized spacial score (nSPS) is 18.8. The molecule has 11 nitrogen and oxygen atoms in total. The van der Waals surface area contributed by atoms with E-state index in [1.807, 2.05) is 34.5 Å². The first-order chi connectivity index (χ1) is 22.4. The molecule has 0 spiro atoms. The standard InChI is InChI=1S/C34H45FN8O3Si/c1-23-32(38-40-42(23)25-14-16-41(22-36)17-15-25)33-27-19-26(11-13-29(27)43(39-33)31-9-7-8-18-44-31)46-30(28-12-10-24(35)20-37-28)21-45-47(5,6)34(2,3)4/h10-13,19-20,25,30-31H,7-9,14-18,21H2,1-6H3/t30-,31?/m1/s1. The van der Waals surface area contributed by atoms with Crippen LogP contribution in [0.5, 0.6) is 5.75 Å². The van der Waals surface area contributed by atoms with Crippen LogP contribution in [0.25, 0.3) is 22.3 Å². The summed E-state index contributed by atoms with van der Waals surface area (Å²) in [7, 11) is -2.11. The molecule has 2 atom stereocenters. The summed E-state index contributed by atoms with van der Waals surface area (Å²) < 4.78 is 37.2. The van der Waals surface area contributed by atoms with Crippen LogP contribution in [0.1, 0.15) is 82.6 Å². The highest BCUT2D eigenvalue weighted by Crippen LogP contribution is 2.39. The monoisotopic (exact) mass is 660 g/mol. The number of rotatable bonds is 9. The Morgan fingerprint density at radius 2 is 1.87 bits per heavy atom. The Morgan fingerprint density at radius 3 is 2.53 bits per heavy atom. The van der Waals surface area contributed by atoms with E-state index in [4.69, 9.17) is 19.0 Å². The number of halogens is 1. The maximum atomic E-state index is 13.9. The van der Waals surface area contributed by atoms with Crippen LogP contribution in [0.2, 0.25) is 18.1 Å². The lowest BCUT2D eigenvalue weighted by atomic mass is 10.0. The molecular formula is C34H45FN8O3Si. The van der Waals surface area contributed by atoms with Gasteiger partial charge in [-0.25, -0.2) is 13.8 Å². The lowest BCUT2D eigenvalue weighted by molar-refractivity contribution is -0.0365. The van der Waals surface area contributed by atoms with Gasteiger partial charge in [0.15, 0.2) is 26.8 Å². The Hall–Kier alpha value is -3.86. The highest BCUT2D eigenvalue weighted by atomic mass is 28.4. The molecule has 5 heterocycles. The number of nitriles is 1. The van der Waals surface area contributed by atoms with Crippen LogP contribution in [-0.4, -0.2) is 69.3 Å². The van der Waals surface area contributed by atoms with Gasteiger partial charge >= 0.3 is 0 Å². The number of pyridine rings is 1. The molecule has 0 N–H and O–H groups in total. The lowest BCUT2D eigenvalue weighted by Crippen LogP contribution is -2.42. The average Bonchev–Trinajstić information content (AvgIpc) is 3.63. The topological polar surface area (TPSA) is 116 Å². The van der Waals surface area contributed by atoms with E-state index in [0.29, 0.717) is 42.5 Å². The number of hydrogen-bond donors (Lipinski definition) is 0. The molecule has 250 valence electrons. The Kier molecular flexibility index (Phi) is 9.38. The summed E-state index contributed by atoms with van der Waals surface area (Å²) in [5.41, 5.74) is 3.87. The molecule has 47 heavy (non-hydrogen) atoms. The molecule has 1 aromatic carbocycles.